The van der Waals surface area contributed by atoms with Crippen LogP contribution in [0.2, 0.25) is 0 Å². The Hall–Kier alpha value is -1.10. The summed E-state index contributed by atoms with van der Waals surface area (Å²) in [5, 5.41) is 9.79. The first-order valence-electron chi connectivity index (χ1n) is 5.53. The molecule has 0 amide bonds. The largest absolute Gasteiger partial charge is 0.476 e. The van der Waals surface area contributed by atoms with Crippen molar-refractivity contribution in [3.63, 3.8) is 0 Å². The number of thiazole rings is 1. The Kier molecular flexibility index (Phi) is 3.14. The van der Waals surface area contributed by atoms with Crippen LogP contribution in [0, 0.1) is 6.92 Å². The molecule has 1 aliphatic rings. The summed E-state index contributed by atoms with van der Waals surface area (Å²) in [4.78, 5) is 18.0. The number of aryl methyl sites for hydroxylation is 1. The molecule has 0 aliphatic heterocycles. The average Bonchev–Trinajstić information content (AvgIpc) is 2.84. The molecule has 0 bridgehead atoms. The molecule has 88 valence electrons. The van der Waals surface area contributed by atoms with Gasteiger partial charge in [0.05, 0.1) is 0 Å². The summed E-state index contributed by atoms with van der Waals surface area (Å²) in [6.45, 7) is 1.81. The second kappa shape index (κ2) is 4.41. The molecule has 1 aromatic heterocycles. The van der Waals surface area contributed by atoms with Crippen LogP contribution in [0.4, 0.5) is 5.13 Å². The molecule has 5 heteroatoms. The first-order valence-corrected chi connectivity index (χ1v) is 6.35. The third kappa shape index (κ3) is 2.04. The standard InChI is InChI=1S/C11H16N2O2S/c1-7-9(10(14)15)12-11(16-7)13(2)8-5-3-4-6-8/h8H,3-6H2,1-2H3,(H,14,15). The van der Waals surface area contributed by atoms with Crippen LogP contribution in [0.3, 0.4) is 0 Å². The van der Waals surface area contributed by atoms with Crippen molar-refractivity contribution in [3.05, 3.63) is 10.6 Å². The molecule has 16 heavy (non-hydrogen) atoms. The minimum absolute atomic E-state index is 0.199. The number of carboxylic acids is 1. The molecule has 2 rings (SSSR count). The van der Waals surface area contributed by atoms with E-state index in [4.69, 9.17) is 5.11 Å². The summed E-state index contributed by atoms with van der Waals surface area (Å²) in [6, 6.07) is 0.534. The van der Waals surface area contributed by atoms with Crippen molar-refractivity contribution >= 4 is 22.4 Å². The van der Waals surface area contributed by atoms with Crippen LogP contribution in [0.15, 0.2) is 0 Å². The van der Waals surface area contributed by atoms with E-state index in [0.29, 0.717) is 6.04 Å². The van der Waals surface area contributed by atoms with Crippen LogP contribution in [-0.4, -0.2) is 29.1 Å². The number of rotatable bonds is 3. The van der Waals surface area contributed by atoms with E-state index in [0.717, 1.165) is 10.0 Å². The van der Waals surface area contributed by atoms with Gasteiger partial charge in [-0.1, -0.05) is 12.8 Å². The quantitative estimate of drug-likeness (QED) is 0.882. The summed E-state index contributed by atoms with van der Waals surface area (Å²) in [5.74, 6) is -0.931. The monoisotopic (exact) mass is 240 g/mol. The summed E-state index contributed by atoms with van der Waals surface area (Å²) in [7, 11) is 2.01. The normalized spacial score (nSPS) is 16.6. The van der Waals surface area contributed by atoms with Crippen LogP contribution < -0.4 is 4.90 Å². The Morgan fingerprint density at radius 1 is 1.50 bits per heavy atom. The van der Waals surface area contributed by atoms with Gasteiger partial charge in [-0.15, -0.1) is 11.3 Å². The number of hydrogen-bond donors (Lipinski definition) is 1. The molecule has 0 spiro atoms. The van der Waals surface area contributed by atoms with Gasteiger partial charge in [0.2, 0.25) is 0 Å². The van der Waals surface area contributed by atoms with E-state index in [2.05, 4.69) is 9.88 Å². The van der Waals surface area contributed by atoms with Crippen molar-refractivity contribution in [2.24, 2.45) is 0 Å². The van der Waals surface area contributed by atoms with E-state index in [1.54, 1.807) is 0 Å². The molecule has 1 aromatic rings. The van der Waals surface area contributed by atoms with Gasteiger partial charge in [0.25, 0.3) is 0 Å². The van der Waals surface area contributed by atoms with E-state index in [1.165, 1.54) is 37.0 Å². The van der Waals surface area contributed by atoms with Crippen LogP contribution in [0.5, 0.6) is 0 Å². The smallest absolute Gasteiger partial charge is 0.355 e. The van der Waals surface area contributed by atoms with Gasteiger partial charge in [0.15, 0.2) is 10.8 Å². The number of aromatic carboxylic acids is 1. The number of aromatic nitrogens is 1. The first kappa shape index (κ1) is 11.4. The molecule has 0 atom stereocenters. The van der Waals surface area contributed by atoms with Gasteiger partial charge in [-0.3, -0.25) is 0 Å². The molecule has 1 aliphatic carbocycles. The summed E-state index contributed by atoms with van der Waals surface area (Å²) < 4.78 is 0. The van der Waals surface area contributed by atoms with Crippen molar-refractivity contribution in [1.29, 1.82) is 0 Å². The number of carbonyl (C=O) groups is 1. The van der Waals surface area contributed by atoms with Gasteiger partial charge in [0, 0.05) is 18.0 Å². The lowest BCUT2D eigenvalue weighted by molar-refractivity contribution is 0.0690. The topological polar surface area (TPSA) is 53.4 Å². The van der Waals surface area contributed by atoms with Crippen molar-refractivity contribution in [3.8, 4) is 0 Å². The highest BCUT2D eigenvalue weighted by Gasteiger charge is 2.23. The molecule has 1 fully saturated rings. The third-order valence-electron chi connectivity index (χ3n) is 3.16. The SMILES string of the molecule is Cc1sc(N(C)C2CCCC2)nc1C(=O)O. The zero-order chi connectivity index (χ0) is 11.7. The zero-order valence-electron chi connectivity index (χ0n) is 9.56. The van der Waals surface area contributed by atoms with Crippen LogP contribution in [0.25, 0.3) is 0 Å². The molecule has 4 nitrogen and oxygen atoms in total. The Balaban J connectivity index is 2.20. The molecular weight excluding hydrogens is 224 g/mol. The molecule has 0 unspecified atom stereocenters. The maximum Gasteiger partial charge on any atom is 0.355 e. The molecule has 0 aromatic carbocycles. The average molecular weight is 240 g/mol. The number of hydrogen-bond acceptors (Lipinski definition) is 4. The Labute approximate surface area is 98.9 Å². The van der Waals surface area contributed by atoms with Gasteiger partial charge in [-0.2, -0.15) is 0 Å². The number of carboxylic acid groups (broad SMARTS) is 1. The second-order valence-electron chi connectivity index (χ2n) is 4.26. The molecule has 1 heterocycles. The summed E-state index contributed by atoms with van der Waals surface area (Å²) >= 11 is 1.47. The fourth-order valence-electron chi connectivity index (χ4n) is 2.18. The van der Waals surface area contributed by atoms with E-state index < -0.39 is 5.97 Å². The van der Waals surface area contributed by atoms with E-state index >= 15 is 0 Å². The van der Waals surface area contributed by atoms with Gasteiger partial charge >= 0.3 is 5.97 Å². The maximum atomic E-state index is 10.9. The van der Waals surface area contributed by atoms with Crippen molar-refractivity contribution in [1.82, 2.24) is 4.98 Å². The number of anilines is 1. The van der Waals surface area contributed by atoms with Gasteiger partial charge < -0.3 is 10.0 Å². The van der Waals surface area contributed by atoms with Gasteiger partial charge in [-0.25, -0.2) is 9.78 Å². The molecule has 1 saturated carbocycles. The predicted octanol–water partition coefficient (Wildman–Crippen LogP) is 2.53. The molecule has 0 saturated heterocycles. The number of nitrogens with zero attached hydrogens (tertiary/aromatic N) is 2. The lowest BCUT2D eigenvalue weighted by Crippen LogP contribution is -2.28. The minimum atomic E-state index is -0.931. The lowest BCUT2D eigenvalue weighted by atomic mass is 10.2. The highest BCUT2D eigenvalue weighted by atomic mass is 32.1. The van der Waals surface area contributed by atoms with Gasteiger partial charge in [-0.05, 0) is 19.8 Å². The van der Waals surface area contributed by atoms with E-state index in [-0.39, 0.29) is 5.69 Å². The Morgan fingerprint density at radius 3 is 2.62 bits per heavy atom. The Morgan fingerprint density at radius 2 is 2.12 bits per heavy atom. The maximum absolute atomic E-state index is 10.9. The highest BCUT2D eigenvalue weighted by Crippen LogP contribution is 2.31. The van der Waals surface area contributed by atoms with E-state index in [9.17, 15) is 4.79 Å². The molecular formula is C11H16N2O2S. The van der Waals surface area contributed by atoms with E-state index in [1.807, 2.05) is 14.0 Å². The van der Waals surface area contributed by atoms with Crippen LogP contribution in [0.1, 0.15) is 41.0 Å². The fourth-order valence-corrected chi connectivity index (χ4v) is 3.11. The zero-order valence-corrected chi connectivity index (χ0v) is 10.4. The third-order valence-corrected chi connectivity index (χ3v) is 4.22. The van der Waals surface area contributed by atoms with Crippen molar-refractivity contribution in [2.75, 3.05) is 11.9 Å². The summed E-state index contributed by atoms with van der Waals surface area (Å²) in [5.41, 5.74) is 0.199. The summed E-state index contributed by atoms with van der Waals surface area (Å²) in [6.07, 6.45) is 4.92. The Bertz CT molecular complexity index is 397. The van der Waals surface area contributed by atoms with Gasteiger partial charge in [0.1, 0.15) is 0 Å². The molecule has 1 N–H and O–H groups in total. The second-order valence-corrected chi connectivity index (χ2v) is 5.44. The van der Waals surface area contributed by atoms with Crippen molar-refractivity contribution in [2.45, 2.75) is 38.6 Å². The van der Waals surface area contributed by atoms with Crippen LogP contribution >= 0.6 is 11.3 Å². The lowest BCUT2D eigenvalue weighted by Gasteiger charge is -2.23. The fraction of sp³-hybridized carbons (Fsp3) is 0.636. The minimum Gasteiger partial charge on any atom is -0.476 e. The molecule has 0 radical (unpaired) electrons. The predicted molar refractivity (Wildman–Crippen MR) is 64.5 cm³/mol. The highest BCUT2D eigenvalue weighted by molar-refractivity contribution is 7.15. The van der Waals surface area contributed by atoms with Crippen molar-refractivity contribution < 1.29 is 9.90 Å². The van der Waals surface area contributed by atoms with Crippen LogP contribution in [-0.2, 0) is 0 Å². The first-order chi connectivity index (χ1) is 7.59.